The molecule has 0 bridgehead atoms. The Labute approximate surface area is 91.3 Å². The Bertz CT molecular complexity index is 337. The van der Waals surface area contributed by atoms with Gasteiger partial charge in [0.2, 0.25) is 0 Å². The Morgan fingerprint density at radius 3 is 2.93 bits per heavy atom. The van der Waals surface area contributed by atoms with Crippen molar-refractivity contribution in [2.24, 2.45) is 0 Å². The van der Waals surface area contributed by atoms with Gasteiger partial charge in [-0.1, -0.05) is 29.5 Å². The number of ketones is 1. The largest absolute Gasteiger partial charge is 0.298 e. The van der Waals surface area contributed by atoms with Crippen LogP contribution in [0.4, 0.5) is 0 Å². The maximum Gasteiger partial charge on any atom is 0.174 e. The number of nitrogens with zero attached hydrogens (tertiary/aromatic N) is 2. The fourth-order valence-corrected chi connectivity index (χ4v) is 3.71. The summed E-state index contributed by atoms with van der Waals surface area (Å²) < 4.78 is 0.933. The number of aromatic nitrogens is 2. The lowest BCUT2D eigenvalue weighted by Gasteiger charge is -2.17. The molecule has 0 spiro atoms. The number of thioether (sulfide) groups is 1. The van der Waals surface area contributed by atoms with Gasteiger partial charge in [0.1, 0.15) is 10.8 Å². The molecule has 5 heteroatoms. The number of Topliss-reactive ketones (excluding diaryl/α,β-unsaturated/α-hetero) is 1. The molecule has 76 valence electrons. The molecule has 0 saturated heterocycles. The minimum atomic E-state index is 0.135. The molecule has 1 aliphatic rings. The van der Waals surface area contributed by atoms with Crippen molar-refractivity contribution < 1.29 is 4.79 Å². The van der Waals surface area contributed by atoms with Crippen LogP contribution < -0.4 is 0 Å². The van der Waals surface area contributed by atoms with Crippen molar-refractivity contribution in [2.45, 2.75) is 42.2 Å². The van der Waals surface area contributed by atoms with Crippen molar-refractivity contribution in [3.63, 3.8) is 0 Å². The van der Waals surface area contributed by atoms with Gasteiger partial charge in [-0.15, -0.1) is 10.2 Å². The van der Waals surface area contributed by atoms with Gasteiger partial charge in [-0.2, -0.15) is 0 Å². The van der Waals surface area contributed by atoms with Crippen molar-refractivity contribution in [3.05, 3.63) is 5.01 Å². The number of aryl methyl sites for hydroxylation is 1. The third-order valence-electron chi connectivity index (χ3n) is 2.25. The summed E-state index contributed by atoms with van der Waals surface area (Å²) in [5.41, 5.74) is 0. The zero-order valence-electron chi connectivity index (χ0n) is 8.02. The summed E-state index contributed by atoms with van der Waals surface area (Å²) in [4.78, 5) is 11.5. The van der Waals surface area contributed by atoms with E-state index < -0.39 is 0 Å². The number of carbonyl (C=O) groups is 1. The van der Waals surface area contributed by atoms with E-state index in [2.05, 4.69) is 10.2 Å². The van der Waals surface area contributed by atoms with Crippen LogP contribution in [0.25, 0.3) is 0 Å². The smallest absolute Gasteiger partial charge is 0.174 e. The first kappa shape index (κ1) is 10.1. The first-order valence-electron chi connectivity index (χ1n) is 4.75. The molecule has 0 aromatic carbocycles. The molecule has 2 rings (SSSR count). The van der Waals surface area contributed by atoms with E-state index in [4.69, 9.17) is 0 Å². The molecule has 0 N–H and O–H groups in total. The summed E-state index contributed by atoms with van der Waals surface area (Å²) in [7, 11) is 0. The SMILES string of the molecule is Cc1nnc(S[C@H]2CCCCC2=O)s1. The van der Waals surface area contributed by atoms with Crippen molar-refractivity contribution in [3.8, 4) is 0 Å². The Hall–Kier alpha value is -0.420. The number of rotatable bonds is 2. The van der Waals surface area contributed by atoms with Gasteiger partial charge in [0.15, 0.2) is 4.34 Å². The van der Waals surface area contributed by atoms with Crippen LogP contribution in [0.15, 0.2) is 4.34 Å². The quantitative estimate of drug-likeness (QED) is 0.780. The van der Waals surface area contributed by atoms with Crippen LogP contribution in [0.2, 0.25) is 0 Å². The fourth-order valence-electron chi connectivity index (χ4n) is 1.52. The molecule has 14 heavy (non-hydrogen) atoms. The Morgan fingerprint density at radius 1 is 1.43 bits per heavy atom. The third kappa shape index (κ3) is 2.33. The van der Waals surface area contributed by atoms with E-state index in [0.717, 1.165) is 28.6 Å². The molecule has 3 nitrogen and oxygen atoms in total. The van der Waals surface area contributed by atoms with E-state index in [1.165, 1.54) is 6.42 Å². The van der Waals surface area contributed by atoms with E-state index in [0.29, 0.717) is 5.78 Å². The normalized spacial score (nSPS) is 22.6. The van der Waals surface area contributed by atoms with Gasteiger partial charge < -0.3 is 0 Å². The minimum Gasteiger partial charge on any atom is -0.298 e. The predicted octanol–water partition coefficient (Wildman–Crippen LogP) is 2.45. The first-order chi connectivity index (χ1) is 6.75. The van der Waals surface area contributed by atoms with Gasteiger partial charge in [-0.05, 0) is 19.8 Å². The minimum absolute atomic E-state index is 0.135. The average molecular weight is 228 g/mol. The van der Waals surface area contributed by atoms with Crippen LogP contribution >= 0.6 is 23.1 Å². The maximum atomic E-state index is 11.5. The molecular weight excluding hydrogens is 216 g/mol. The monoisotopic (exact) mass is 228 g/mol. The molecule has 1 saturated carbocycles. The molecule has 1 aromatic heterocycles. The molecule has 1 aliphatic carbocycles. The van der Waals surface area contributed by atoms with Gasteiger partial charge in [0.05, 0.1) is 5.25 Å². The standard InChI is InChI=1S/C9H12N2OS2/c1-6-10-11-9(13-6)14-8-5-3-2-4-7(8)12/h8H,2-5H2,1H3/t8-/m0/s1. The molecule has 0 unspecified atom stereocenters. The molecule has 0 aliphatic heterocycles. The molecule has 1 fully saturated rings. The predicted molar refractivity (Wildman–Crippen MR) is 57.8 cm³/mol. The number of hydrogen-bond donors (Lipinski definition) is 0. The van der Waals surface area contributed by atoms with Crippen LogP contribution in [0.5, 0.6) is 0 Å². The van der Waals surface area contributed by atoms with Crippen LogP contribution in [-0.2, 0) is 4.79 Å². The Morgan fingerprint density at radius 2 is 2.29 bits per heavy atom. The average Bonchev–Trinajstić information content (AvgIpc) is 2.56. The maximum absolute atomic E-state index is 11.5. The van der Waals surface area contributed by atoms with E-state index in [-0.39, 0.29) is 5.25 Å². The zero-order chi connectivity index (χ0) is 9.97. The van der Waals surface area contributed by atoms with E-state index >= 15 is 0 Å². The lowest BCUT2D eigenvalue weighted by molar-refractivity contribution is -0.119. The van der Waals surface area contributed by atoms with Crippen molar-refractivity contribution in [2.75, 3.05) is 0 Å². The summed E-state index contributed by atoms with van der Waals surface area (Å²) in [5, 5.41) is 9.07. The summed E-state index contributed by atoms with van der Waals surface area (Å²) in [5.74, 6) is 0.383. The second kappa shape index (κ2) is 4.40. The van der Waals surface area contributed by atoms with E-state index in [9.17, 15) is 4.79 Å². The molecular formula is C9H12N2OS2. The first-order valence-corrected chi connectivity index (χ1v) is 6.45. The van der Waals surface area contributed by atoms with Gasteiger partial charge in [-0.3, -0.25) is 4.79 Å². The van der Waals surface area contributed by atoms with Crippen molar-refractivity contribution >= 4 is 28.9 Å². The summed E-state index contributed by atoms with van der Waals surface area (Å²) in [6.07, 6.45) is 3.98. The van der Waals surface area contributed by atoms with Gasteiger partial charge >= 0.3 is 0 Å². The molecule has 1 heterocycles. The van der Waals surface area contributed by atoms with Gasteiger partial charge in [-0.25, -0.2) is 0 Å². The lowest BCUT2D eigenvalue weighted by Crippen LogP contribution is -2.21. The number of hydrogen-bond acceptors (Lipinski definition) is 5. The zero-order valence-corrected chi connectivity index (χ0v) is 9.66. The molecule has 0 amide bonds. The summed E-state index contributed by atoms with van der Waals surface area (Å²) in [6, 6.07) is 0. The topological polar surface area (TPSA) is 42.9 Å². The number of carbonyl (C=O) groups excluding carboxylic acids is 1. The molecule has 1 atom stereocenters. The second-order valence-electron chi connectivity index (χ2n) is 3.41. The highest BCUT2D eigenvalue weighted by Gasteiger charge is 2.24. The highest BCUT2D eigenvalue weighted by atomic mass is 32.2. The Kier molecular flexibility index (Phi) is 3.18. The van der Waals surface area contributed by atoms with E-state index in [1.54, 1.807) is 23.1 Å². The molecule has 1 aromatic rings. The lowest BCUT2D eigenvalue weighted by atomic mass is 9.99. The highest BCUT2D eigenvalue weighted by molar-refractivity contribution is 8.02. The fraction of sp³-hybridized carbons (Fsp3) is 0.667. The third-order valence-corrected chi connectivity index (χ3v) is 4.49. The second-order valence-corrected chi connectivity index (χ2v) is 6.04. The molecule has 0 radical (unpaired) electrons. The van der Waals surface area contributed by atoms with Gasteiger partial charge in [0, 0.05) is 6.42 Å². The summed E-state index contributed by atoms with van der Waals surface area (Å²) in [6.45, 7) is 1.93. The van der Waals surface area contributed by atoms with E-state index in [1.807, 2.05) is 6.92 Å². The Balaban J connectivity index is 1.99. The van der Waals surface area contributed by atoms with Gasteiger partial charge in [0.25, 0.3) is 0 Å². The van der Waals surface area contributed by atoms with Crippen LogP contribution in [0.1, 0.15) is 30.7 Å². The van der Waals surface area contributed by atoms with Crippen LogP contribution in [-0.4, -0.2) is 21.2 Å². The summed E-state index contributed by atoms with van der Waals surface area (Å²) >= 11 is 3.16. The highest BCUT2D eigenvalue weighted by Crippen LogP contribution is 2.32. The van der Waals surface area contributed by atoms with Crippen LogP contribution in [0.3, 0.4) is 0 Å². The van der Waals surface area contributed by atoms with Crippen molar-refractivity contribution in [1.29, 1.82) is 0 Å². The van der Waals surface area contributed by atoms with Crippen LogP contribution in [0, 0.1) is 6.92 Å². The van der Waals surface area contributed by atoms with Crippen molar-refractivity contribution in [1.82, 2.24) is 10.2 Å².